The molecule has 7 heteroatoms. The van der Waals surface area contributed by atoms with Gasteiger partial charge in [0.05, 0.1) is 17.1 Å². The Labute approximate surface area is 129 Å². The SMILES string of the molecule is Cc1cc(C)c([C](=O)[AlH][NH][C@@H](CC(=O)O)C(=O)O)c(C)c1. The van der Waals surface area contributed by atoms with Crippen LogP contribution < -0.4 is 4.30 Å². The lowest BCUT2D eigenvalue weighted by atomic mass is 10.0. The summed E-state index contributed by atoms with van der Waals surface area (Å²) in [5.74, 6) is -2.46. The minimum Gasteiger partial charge on any atom is -0.481 e. The van der Waals surface area contributed by atoms with Gasteiger partial charge in [-0.1, -0.05) is 17.7 Å². The molecule has 0 saturated heterocycles. The zero-order chi connectivity index (χ0) is 16.2. The Morgan fingerprint density at radius 3 is 2.10 bits per heavy atom. The van der Waals surface area contributed by atoms with E-state index >= 15 is 0 Å². The van der Waals surface area contributed by atoms with Crippen LogP contribution in [0.2, 0.25) is 0 Å². The van der Waals surface area contributed by atoms with Gasteiger partial charge in [0.25, 0.3) is 0 Å². The van der Waals surface area contributed by atoms with Crippen molar-refractivity contribution in [1.82, 2.24) is 4.30 Å². The van der Waals surface area contributed by atoms with Crippen molar-refractivity contribution in [2.75, 3.05) is 0 Å². The van der Waals surface area contributed by atoms with Crippen molar-refractivity contribution in [2.45, 2.75) is 33.2 Å². The van der Waals surface area contributed by atoms with Gasteiger partial charge in [-0.05, 0) is 31.9 Å². The molecule has 1 aromatic rings. The van der Waals surface area contributed by atoms with E-state index in [1.807, 2.05) is 32.9 Å². The second-order valence-electron chi connectivity index (χ2n) is 5.07. The summed E-state index contributed by atoms with van der Waals surface area (Å²) in [5.41, 5.74) is 3.39. The Bertz CT molecular complexity index is 562. The van der Waals surface area contributed by atoms with Crippen LogP contribution in [0.5, 0.6) is 0 Å². The molecule has 0 spiro atoms. The largest absolute Gasteiger partial charge is 0.481 e. The van der Waals surface area contributed by atoms with E-state index in [-0.39, 0.29) is 4.65 Å². The summed E-state index contributed by atoms with van der Waals surface area (Å²) in [5, 5.41) is 17.6. The van der Waals surface area contributed by atoms with Crippen LogP contribution in [0.3, 0.4) is 0 Å². The molecular weight excluding hydrogens is 289 g/mol. The van der Waals surface area contributed by atoms with Gasteiger partial charge >= 0.3 is 27.4 Å². The third-order valence-corrected chi connectivity index (χ3v) is 4.51. The molecule has 6 nitrogen and oxygen atoms in total. The molecule has 0 saturated carbocycles. The topological polar surface area (TPSA) is 104 Å². The Morgan fingerprint density at radius 1 is 1.14 bits per heavy atom. The lowest BCUT2D eigenvalue weighted by molar-refractivity contribution is -0.145. The van der Waals surface area contributed by atoms with Gasteiger partial charge in [-0.15, -0.1) is 0 Å². The minimum atomic E-state index is -1.58. The molecule has 0 radical (unpaired) electrons. The number of aliphatic carboxylic acids is 2. The number of hydrogen-bond donors (Lipinski definition) is 3. The van der Waals surface area contributed by atoms with E-state index in [0.717, 1.165) is 16.7 Å². The third kappa shape index (κ3) is 4.98. The molecule has 0 fully saturated rings. The number of hydrogen-bond acceptors (Lipinski definition) is 4. The molecule has 0 aliphatic heterocycles. The molecule has 0 bridgehead atoms. The van der Waals surface area contributed by atoms with Gasteiger partial charge in [-0.2, -0.15) is 0 Å². The van der Waals surface area contributed by atoms with Crippen molar-refractivity contribution in [3.05, 3.63) is 34.4 Å². The zero-order valence-corrected chi connectivity index (χ0v) is 13.7. The number of nitrogens with one attached hydrogen (secondary N) is 1. The zero-order valence-electron chi connectivity index (χ0n) is 12.3. The summed E-state index contributed by atoms with van der Waals surface area (Å²) in [7, 11) is 0. The maximum Gasteiger partial charge on any atom is 0.452 e. The summed E-state index contributed by atoms with van der Waals surface area (Å²) in [4.78, 5) is 33.8. The maximum absolute atomic E-state index is 12.3. The molecule has 21 heavy (non-hydrogen) atoms. The first-order chi connectivity index (χ1) is 9.72. The first-order valence-electron chi connectivity index (χ1n) is 6.51. The van der Waals surface area contributed by atoms with E-state index in [2.05, 4.69) is 4.30 Å². The number of carboxylic acids is 2. The fourth-order valence-electron chi connectivity index (χ4n) is 2.35. The van der Waals surface area contributed by atoms with Crippen molar-refractivity contribution >= 4 is 32.0 Å². The van der Waals surface area contributed by atoms with E-state index in [1.165, 1.54) is 0 Å². The highest BCUT2D eigenvalue weighted by Crippen LogP contribution is 2.16. The molecule has 3 N–H and O–H groups in total. The Morgan fingerprint density at radius 2 is 1.67 bits per heavy atom. The number of rotatable bonds is 7. The molecule has 0 aliphatic carbocycles. The number of aryl methyl sites for hydroxylation is 3. The average molecular weight is 307 g/mol. The van der Waals surface area contributed by atoms with Crippen LogP contribution in [-0.4, -0.2) is 48.3 Å². The van der Waals surface area contributed by atoms with Crippen LogP contribution in [0.4, 0.5) is 0 Å². The highest BCUT2D eigenvalue weighted by atomic mass is 27.1. The predicted octanol–water partition coefficient (Wildman–Crippen LogP) is 0.621. The number of carbonyl (C=O) groups excluding carboxylic acids is 1. The number of carboxylic acid groups (broad SMARTS) is 2. The Kier molecular flexibility index (Phi) is 6.09. The van der Waals surface area contributed by atoms with Crippen LogP contribution in [0, 0.1) is 20.8 Å². The molecule has 0 aromatic heterocycles. The van der Waals surface area contributed by atoms with Gasteiger partial charge in [0.1, 0.15) is 0 Å². The number of benzene rings is 1. The molecule has 0 amide bonds. The highest BCUT2D eigenvalue weighted by Gasteiger charge is 2.24. The quantitative estimate of drug-likeness (QED) is 0.638. The summed E-state index contributed by atoms with van der Waals surface area (Å²) in [6, 6.07) is 2.59. The highest BCUT2D eigenvalue weighted by molar-refractivity contribution is 6.76. The van der Waals surface area contributed by atoms with Crippen molar-refractivity contribution in [3.8, 4) is 0 Å². The molecule has 1 aromatic carbocycles. The average Bonchev–Trinajstić information content (AvgIpc) is 2.32. The predicted molar refractivity (Wildman–Crippen MR) is 78.9 cm³/mol. The summed E-state index contributed by atoms with van der Waals surface area (Å²) in [6.45, 7) is 5.62. The molecule has 1 atom stereocenters. The van der Waals surface area contributed by atoms with Gasteiger partial charge in [-0.25, -0.2) is 0 Å². The smallest absolute Gasteiger partial charge is 0.452 e. The molecular formula is C14H18AlNO5. The second-order valence-corrected chi connectivity index (χ2v) is 6.47. The molecule has 112 valence electrons. The standard InChI is InChI=1S/C10H11O.C4H6NO4.Al.H/c1-7-4-8(2)10(6-11)9(3)5-7;5-2(4(8)9)1-3(6)7;;/h4-5H,1-3H3;2,5H,1H2,(H,6,7)(H,8,9);;/q;-1;+1;/t;2-;;/m.0../s1. The molecule has 0 aliphatic rings. The summed E-state index contributed by atoms with van der Waals surface area (Å²) in [6.07, 6.45) is -0.540. The summed E-state index contributed by atoms with van der Waals surface area (Å²) >= 11 is -1.58. The van der Waals surface area contributed by atoms with Gasteiger partial charge in [0.2, 0.25) is 0 Å². The van der Waals surface area contributed by atoms with Gasteiger partial charge in [0.15, 0.2) is 0 Å². The Hall–Kier alpha value is -1.68. The van der Waals surface area contributed by atoms with E-state index in [0.29, 0.717) is 5.56 Å². The number of carbonyl (C=O) groups is 3. The van der Waals surface area contributed by atoms with E-state index < -0.39 is 39.8 Å². The van der Waals surface area contributed by atoms with E-state index in [9.17, 15) is 14.4 Å². The van der Waals surface area contributed by atoms with Crippen molar-refractivity contribution < 1.29 is 24.6 Å². The van der Waals surface area contributed by atoms with Crippen LogP contribution >= 0.6 is 0 Å². The van der Waals surface area contributed by atoms with Crippen LogP contribution in [0.25, 0.3) is 0 Å². The van der Waals surface area contributed by atoms with Crippen LogP contribution in [0.15, 0.2) is 12.1 Å². The first-order valence-corrected chi connectivity index (χ1v) is 7.92. The van der Waals surface area contributed by atoms with Crippen molar-refractivity contribution in [1.29, 1.82) is 0 Å². The van der Waals surface area contributed by atoms with Gasteiger partial charge < -0.3 is 19.3 Å². The Balaban J connectivity index is 2.82. The lowest BCUT2D eigenvalue weighted by Gasteiger charge is -2.13. The minimum absolute atomic E-state index is 0.110. The van der Waals surface area contributed by atoms with E-state index in [1.54, 1.807) is 0 Å². The van der Waals surface area contributed by atoms with Crippen molar-refractivity contribution in [3.63, 3.8) is 0 Å². The van der Waals surface area contributed by atoms with E-state index in [4.69, 9.17) is 10.2 Å². The molecule has 0 heterocycles. The lowest BCUT2D eigenvalue weighted by Crippen LogP contribution is -2.43. The van der Waals surface area contributed by atoms with Crippen molar-refractivity contribution in [2.24, 2.45) is 0 Å². The van der Waals surface area contributed by atoms with Crippen LogP contribution in [0.1, 0.15) is 33.5 Å². The first kappa shape index (κ1) is 17.4. The van der Waals surface area contributed by atoms with Crippen LogP contribution in [-0.2, 0) is 9.59 Å². The molecule has 1 rings (SSSR count). The fourth-order valence-corrected chi connectivity index (χ4v) is 3.83. The normalized spacial score (nSPS) is 11.8. The fraction of sp³-hybridized carbons (Fsp3) is 0.357. The van der Waals surface area contributed by atoms with Gasteiger partial charge in [0, 0.05) is 5.56 Å². The van der Waals surface area contributed by atoms with Gasteiger partial charge in [-0.3, -0.25) is 9.59 Å². The third-order valence-electron chi connectivity index (χ3n) is 3.14. The second kappa shape index (κ2) is 7.36. The maximum atomic E-state index is 12.3. The monoisotopic (exact) mass is 307 g/mol. The molecule has 0 unspecified atom stereocenters. The summed E-state index contributed by atoms with van der Waals surface area (Å²) < 4.78 is 2.52.